The predicted molar refractivity (Wildman–Crippen MR) is 99.8 cm³/mol. The summed E-state index contributed by atoms with van der Waals surface area (Å²) in [6.45, 7) is 8.21. The number of aliphatic hydroxyl groups excluding tert-OH is 2. The molecule has 4 bridgehead atoms. The van der Waals surface area contributed by atoms with E-state index in [0.29, 0.717) is 0 Å². The van der Waals surface area contributed by atoms with Crippen LogP contribution in [-0.4, -0.2) is 35.7 Å². The third-order valence-corrected chi connectivity index (χ3v) is 5.07. The van der Waals surface area contributed by atoms with E-state index in [9.17, 15) is 9.59 Å². The molecule has 0 radical (unpaired) electrons. The van der Waals surface area contributed by atoms with Gasteiger partial charge in [-0.1, -0.05) is 13.2 Å². The van der Waals surface area contributed by atoms with Gasteiger partial charge in [0.2, 0.25) is 0 Å². The number of hydrogen-bond donors (Lipinski definition) is 2. The molecule has 0 aromatic carbocycles. The van der Waals surface area contributed by atoms with Crippen LogP contribution in [0.4, 0.5) is 0 Å². The lowest BCUT2D eigenvalue weighted by Crippen LogP contribution is -2.38. The van der Waals surface area contributed by atoms with E-state index in [1.807, 2.05) is 0 Å². The lowest BCUT2D eigenvalue weighted by Gasteiger charge is -2.49. The quantitative estimate of drug-likeness (QED) is 0.303. The van der Waals surface area contributed by atoms with Crippen LogP contribution in [0.2, 0.25) is 0 Å². The Morgan fingerprint density at radius 2 is 0.964 bits per heavy atom. The highest BCUT2D eigenvalue weighted by Gasteiger charge is 2.41. The summed E-state index contributed by atoms with van der Waals surface area (Å²) < 4.78 is 0. The largest absolute Gasteiger partial charge is 0.368 e. The van der Waals surface area contributed by atoms with Gasteiger partial charge >= 0.3 is 11.9 Å². The lowest BCUT2D eigenvalue weighted by molar-refractivity contribution is -0.299. The first-order valence-electron chi connectivity index (χ1n) is 9.47. The summed E-state index contributed by atoms with van der Waals surface area (Å²) in [4.78, 5) is 36.4. The summed E-state index contributed by atoms with van der Waals surface area (Å²) >= 11 is 0. The van der Waals surface area contributed by atoms with E-state index in [4.69, 9.17) is 10.2 Å². The van der Waals surface area contributed by atoms with Crippen molar-refractivity contribution in [2.45, 2.75) is 52.4 Å². The van der Waals surface area contributed by atoms with Gasteiger partial charge in [0.05, 0.1) is 0 Å². The Bertz CT molecular complexity index is 456. The molecule has 8 nitrogen and oxygen atoms in total. The van der Waals surface area contributed by atoms with Crippen LogP contribution in [0.3, 0.4) is 0 Å². The van der Waals surface area contributed by atoms with Gasteiger partial charge in [-0.05, 0) is 76.0 Å². The average Bonchev–Trinajstić information content (AvgIpc) is 2.63. The van der Waals surface area contributed by atoms with E-state index in [0.717, 1.165) is 0 Å². The Balaban J connectivity index is 0.000000211. The van der Waals surface area contributed by atoms with Gasteiger partial charge < -0.3 is 10.2 Å². The van der Waals surface area contributed by atoms with Crippen LogP contribution in [0.5, 0.6) is 0 Å². The SMILES string of the molecule is C1C2CC3CC1CC(C2)C3.C=C(C)C(=O)OOCO.C=C(C)C(=O)OOCO. The molecule has 0 aliphatic heterocycles. The van der Waals surface area contributed by atoms with Crippen LogP contribution in [0, 0.1) is 23.7 Å². The van der Waals surface area contributed by atoms with Crippen molar-refractivity contribution in [2.24, 2.45) is 23.7 Å². The van der Waals surface area contributed by atoms with E-state index >= 15 is 0 Å². The van der Waals surface area contributed by atoms with Crippen molar-refractivity contribution in [1.29, 1.82) is 0 Å². The van der Waals surface area contributed by atoms with Crippen molar-refractivity contribution in [1.82, 2.24) is 0 Å². The molecular weight excluding hydrogens is 368 g/mol. The summed E-state index contributed by atoms with van der Waals surface area (Å²) in [5.41, 5.74) is 0.451. The lowest BCUT2D eigenvalue weighted by atomic mass is 9.56. The van der Waals surface area contributed by atoms with Gasteiger partial charge in [-0.25, -0.2) is 9.59 Å². The van der Waals surface area contributed by atoms with Crippen molar-refractivity contribution < 1.29 is 39.4 Å². The van der Waals surface area contributed by atoms with Gasteiger partial charge in [0.1, 0.15) is 0 Å². The molecule has 0 amide bonds. The maximum absolute atomic E-state index is 10.3. The average molecular weight is 400 g/mol. The fourth-order valence-electron chi connectivity index (χ4n) is 4.29. The van der Waals surface area contributed by atoms with Crippen LogP contribution < -0.4 is 0 Å². The van der Waals surface area contributed by atoms with E-state index in [1.54, 1.807) is 38.5 Å². The second-order valence-corrected chi connectivity index (χ2v) is 7.67. The molecule has 4 saturated carbocycles. The monoisotopic (exact) mass is 400 g/mol. The third-order valence-electron chi connectivity index (χ3n) is 5.07. The molecule has 4 fully saturated rings. The zero-order valence-corrected chi connectivity index (χ0v) is 16.7. The minimum absolute atomic E-state index is 0.225. The minimum atomic E-state index is -0.677. The van der Waals surface area contributed by atoms with Crippen LogP contribution >= 0.6 is 0 Å². The summed E-state index contributed by atoms with van der Waals surface area (Å²) in [6.07, 6.45) is 9.62. The molecule has 4 rings (SSSR count). The summed E-state index contributed by atoms with van der Waals surface area (Å²) in [5, 5.41) is 15.9. The molecule has 4 aliphatic rings. The van der Waals surface area contributed by atoms with Crippen molar-refractivity contribution in [3.63, 3.8) is 0 Å². The molecule has 0 atom stereocenters. The number of aliphatic hydroxyl groups is 2. The second kappa shape index (κ2) is 12.7. The molecule has 0 saturated heterocycles. The number of carbonyl (C=O) groups is 2. The number of carbonyl (C=O) groups excluding carboxylic acids is 2. The molecule has 0 aromatic heterocycles. The van der Waals surface area contributed by atoms with E-state index < -0.39 is 25.5 Å². The van der Waals surface area contributed by atoms with E-state index in [-0.39, 0.29) is 11.1 Å². The molecule has 0 heterocycles. The first-order chi connectivity index (χ1) is 13.3. The molecule has 160 valence electrons. The normalized spacial score (nSPS) is 26.1. The predicted octanol–water partition coefficient (Wildman–Crippen LogP) is 2.81. The molecule has 8 heteroatoms. The van der Waals surface area contributed by atoms with Crippen molar-refractivity contribution in [3.8, 4) is 0 Å². The van der Waals surface area contributed by atoms with Crippen molar-refractivity contribution in [3.05, 3.63) is 24.3 Å². The molecule has 0 spiro atoms. The van der Waals surface area contributed by atoms with E-state index in [2.05, 4.69) is 32.7 Å². The second-order valence-electron chi connectivity index (χ2n) is 7.67. The zero-order valence-electron chi connectivity index (χ0n) is 16.7. The Morgan fingerprint density at radius 1 is 0.714 bits per heavy atom. The molecule has 28 heavy (non-hydrogen) atoms. The Labute approximate surface area is 166 Å². The Morgan fingerprint density at radius 3 is 1.14 bits per heavy atom. The van der Waals surface area contributed by atoms with Crippen LogP contribution in [0.15, 0.2) is 24.3 Å². The first kappa shape index (κ1) is 24.3. The Kier molecular flexibility index (Phi) is 11.0. The van der Waals surface area contributed by atoms with Gasteiger partial charge in [-0.2, -0.15) is 9.78 Å². The first-order valence-corrected chi connectivity index (χ1v) is 9.47. The molecule has 4 aliphatic carbocycles. The number of hydrogen-bond acceptors (Lipinski definition) is 8. The van der Waals surface area contributed by atoms with Gasteiger partial charge in [0.15, 0.2) is 13.6 Å². The maximum Gasteiger partial charge on any atom is 0.368 e. The van der Waals surface area contributed by atoms with Gasteiger partial charge in [0.25, 0.3) is 0 Å². The summed E-state index contributed by atoms with van der Waals surface area (Å²) in [5.74, 6) is 3.35. The summed E-state index contributed by atoms with van der Waals surface area (Å²) in [6, 6.07) is 0. The van der Waals surface area contributed by atoms with Crippen LogP contribution in [-0.2, 0) is 29.1 Å². The molecule has 0 unspecified atom stereocenters. The van der Waals surface area contributed by atoms with Crippen molar-refractivity contribution >= 4 is 11.9 Å². The molecule has 0 aromatic rings. The number of rotatable bonds is 6. The van der Waals surface area contributed by atoms with Gasteiger partial charge in [-0.15, -0.1) is 0 Å². The zero-order chi connectivity index (χ0) is 21.1. The Hall–Kier alpha value is -1.74. The smallest absolute Gasteiger partial charge is 0.367 e. The minimum Gasteiger partial charge on any atom is -0.367 e. The maximum atomic E-state index is 10.3. The highest BCUT2D eigenvalue weighted by Crippen LogP contribution is 2.53. The van der Waals surface area contributed by atoms with E-state index in [1.165, 1.54) is 37.5 Å². The molecule has 2 N–H and O–H groups in total. The highest BCUT2D eigenvalue weighted by atomic mass is 17.2. The molecular formula is C20H32O8. The van der Waals surface area contributed by atoms with Crippen LogP contribution in [0.1, 0.15) is 52.4 Å². The topological polar surface area (TPSA) is 112 Å². The van der Waals surface area contributed by atoms with Crippen molar-refractivity contribution in [2.75, 3.05) is 13.6 Å². The van der Waals surface area contributed by atoms with Gasteiger partial charge in [0, 0.05) is 11.1 Å². The fraction of sp³-hybridized carbons (Fsp3) is 0.700. The van der Waals surface area contributed by atoms with Crippen LogP contribution in [0.25, 0.3) is 0 Å². The third kappa shape index (κ3) is 8.97. The summed E-state index contributed by atoms with van der Waals surface area (Å²) in [7, 11) is 0. The standard InChI is InChI=1S/C10H16.2C5H8O4/c1-7-2-9-4-8(1)5-10(3-7)6-9;2*1-4(2)5(7)9-8-3-6/h7-10H,1-6H2;2*6H,1,3H2,2H3. The highest BCUT2D eigenvalue weighted by molar-refractivity contribution is 5.86. The van der Waals surface area contributed by atoms with Gasteiger partial charge in [-0.3, -0.25) is 9.78 Å². The fourth-order valence-corrected chi connectivity index (χ4v) is 4.29.